The molecule has 0 aliphatic heterocycles. The van der Waals surface area contributed by atoms with Gasteiger partial charge in [-0.3, -0.25) is 0 Å². The van der Waals surface area contributed by atoms with Crippen LogP contribution in [0.3, 0.4) is 0 Å². The summed E-state index contributed by atoms with van der Waals surface area (Å²) in [5.41, 5.74) is 2.60. The van der Waals surface area contributed by atoms with Gasteiger partial charge in [-0.05, 0) is 0 Å². The topological polar surface area (TPSA) is 3.01 Å². The van der Waals surface area contributed by atoms with Crippen molar-refractivity contribution in [3.05, 3.63) is 39.9 Å². The van der Waals surface area contributed by atoms with Crippen LogP contribution in [-0.2, 0) is 0 Å². The Morgan fingerprint density at radius 2 is 1.80 bits per heavy atom. The summed E-state index contributed by atoms with van der Waals surface area (Å²) in [6.07, 6.45) is 4.46. The number of rotatable bonds is 3. The molecule has 0 aliphatic rings. The molecule has 0 amide bonds. The van der Waals surface area contributed by atoms with Crippen LogP contribution in [0, 0.1) is 6.92 Å². The first kappa shape index (κ1) is 12.2. The molecule has 0 aliphatic carbocycles. The molecule has 0 fully saturated rings. The average Bonchev–Trinajstić information content (AvgIpc) is 2.19. The van der Waals surface area contributed by atoms with E-state index in [0.717, 1.165) is 0 Å². The number of allylic oxidation sites excluding steroid dienone is 1. The SMILES string of the molecule is C[Se]/C(C=[N+](C)C)=C/c1ccc(C)cc1. The van der Waals surface area contributed by atoms with Crippen molar-refractivity contribution >= 4 is 27.2 Å². The van der Waals surface area contributed by atoms with E-state index in [2.05, 4.69) is 68.0 Å². The monoisotopic (exact) mass is 268 g/mol. The summed E-state index contributed by atoms with van der Waals surface area (Å²) < 4.78 is 3.52. The summed E-state index contributed by atoms with van der Waals surface area (Å²) in [6.45, 7) is 2.12. The Morgan fingerprint density at radius 3 is 2.27 bits per heavy atom. The molecule has 0 atom stereocenters. The zero-order chi connectivity index (χ0) is 11.3. The summed E-state index contributed by atoms with van der Waals surface area (Å²) in [6, 6.07) is 8.65. The van der Waals surface area contributed by atoms with E-state index in [1.54, 1.807) is 0 Å². The minimum absolute atomic E-state index is 0.537. The van der Waals surface area contributed by atoms with Gasteiger partial charge in [0.05, 0.1) is 0 Å². The van der Waals surface area contributed by atoms with Gasteiger partial charge in [-0.25, -0.2) is 0 Å². The van der Waals surface area contributed by atoms with Gasteiger partial charge in [0.25, 0.3) is 0 Å². The summed E-state index contributed by atoms with van der Waals surface area (Å²) in [5.74, 6) is 2.24. The van der Waals surface area contributed by atoms with Crippen molar-refractivity contribution in [2.24, 2.45) is 0 Å². The summed E-state index contributed by atoms with van der Waals surface area (Å²) in [7, 11) is 4.13. The Bertz CT molecular complexity index is 370. The van der Waals surface area contributed by atoms with Gasteiger partial charge in [-0.2, -0.15) is 0 Å². The van der Waals surface area contributed by atoms with E-state index in [1.807, 2.05) is 0 Å². The third-order valence-electron chi connectivity index (χ3n) is 2.01. The van der Waals surface area contributed by atoms with E-state index >= 15 is 0 Å². The summed E-state index contributed by atoms with van der Waals surface area (Å²) in [5, 5.41) is 0. The number of hydrogen-bond acceptors (Lipinski definition) is 0. The van der Waals surface area contributed by atoms with Gasteiger partial charge < -0.3 is 0 Å². The normalized spacial score (nSPS) is 11.3. The fourth-order valence-electron chi connectivity index (χ4n) is 1.23. The number of benzene rings is 1. The molecule has 1 aromatic carbocycles. The van der Waals surface area contributed by atoms with Gasteiger partial charge in [-0.15, -0.1) is 0 Å². The first-order chi connectivity index (χ1) is 7.11. The van der Waals surface area contributed by atoms with E-state index in [4.69, 9.17) is 0 Å². The third kappa shape index (κ3) is 4.46. The van der Waals surface area contributed by atoms with Crippen LogP contribution in [-0.4, -0.2) is 39.8 Å². The molecule has 80 valence electrons. The van der Waals surface area contributed by atoms with Crippen molar-refractivity contribution in [1.29, 1.82) is 0 Å². The molecule has 0 unspecified atom stereocenters. The van der Waals surface area contributed by atoms with E-state index in [-0.39, 0.29) is 0 Å². The molecule has 1 aromatic rings. The molecule has 15 heavy (non-hydrogen) atoms. The first-order valence-corrected chi connectivity index (χ1v) is 7.52. The molecule has 0 heterocycles. The van der Waals surface area contributed by atoms with Crippen molar-refractivity contribution in [3.8, 4) is 0 Å². The van der Waals surface area contributed by atoms with Crippen LogP contribution in [0.2, 0.25) is 5.82 Å². The third-order valence-corrected chi connectivity index (χ3v) is 3.46. The Labute approximate surface area is 98.7 Å². The molecule has 0 spiro atoms. The quantitative estimate of drug-likeness (QED) is 0.449. The van der Waals surface area contributed by atoms with Crippen LogP contribution in [0.5, 0.6) is 0 Å². The molecule has 2 heteroatoms. The number of aryl methyl sites for hydroxylation is 1. The fourth-order valence-corrected chi connectivity index (χ4v) is 2.43. The number of nitrogens with zero attached hydrogens (tertiary/aromatic N) is 1. The van der Waals surface area contributed by atoms with Gasteiger partial charge >= 0.3 is 98.5 Å². The van der Waals surface area contributed by atoms with Crippen LogP contribution in [0.1, 0.15) is 11.1 Å². The molecule has 0 bridgehead atoms. The Kier molecular flexibility index (Phi) is 4.80. The second-order valence-electron chi connectivity index (χ2n) is 3.75. The van der Waals surface area contributed by atoms with Gasteiger partial charge in [0.1, 0.15) is 0 Å². The van der Waals surface area contributed by atoms with Crippen LogP contribution in [0.25, 0.3) is 6.08 Å². The zero-order valence-corrected chi connectivity index (χ0v) is 11.5. The second-order valence-corrected chi connectivity index (χ2v) is 5.60. The second kappa shape index (κ2) is 5.89. The van der Waals surface area contributed by atoms with Crippen LogP contribution >= 0.6 is 0 Å². The van der Waals surface area contributed by atoms with Gasteiger partial charge in [-0.1, -0.05) is 0 Å². The van der Waals surface area contributed by atoms with Crippen LogP contribution in [0.4, 0.5) is 0 Å². The Balaban J connectivity index is 2.93. The van der Waals surface area contributed by atoms with Crippen molar-refractivity contribution in [3.63, 3.8) is 0 Å². The minimum atomic E-state index is 0.537. The molecule has 0 saturated carbocycles. The number of hydrogen-bond donors (Lipinski definition) is 0. The maximum atomic E-state index is 2.26. The molecule has 0 saturated heterocycles. The molecule has 0 radical (unpaired) electrons. The molecular formula is C13H18NSe+. The van der Waals surface area contributed by atoms with Crippen molar-refractivity contribution in [2.75, 3.05) is 14.1 Å². The van der Waals surface area contributed by atoms with E-state index in [9.17, 15) is 0 Å². The van der Waals surface area contributed by atoms with Crippen LogP contribution in [0.15, 0.2) is 28.7 Å². The van der Waals surface area contributed by atoms with Crippen molar-refractivity contribution in [1.82, 2.24) is 0 Å². The van der Waals surface area contributed by atoms with E-state index in [0.29, 0.717) is 15.0 Å². The first-order valence-electron chi connectivity index (χ1n) is 4.95. The maximum absolute atomic E-state index is 2.26. The zero-order valence-electron chi connectivity index (χ0n) is 9.82. The van der Waals surface area contributed by atoms with E-state index in [1.165, 1.54) is 15.6 Å². The predicted molar refractivity (Wildman–Crippen MR) is 68.9 cm³/mol. The Hall–Kier alpha value is -0.851. The van der Waals surface area contributed by atoms with Crippen molar-refractivity contribution in [2.45, 2.75) is 12.7 Å². The predicted octanol–water partition coefficient (Wildman–Crippen LogP) is 2.43. The van der Waals surface area contributed by atoms with Crippen LogP contribution < -0.4 is 0 Å². The molecule has 1 nitrogen and oxygen atoms in total. The van der Waals surface area contributed by atoms with Gasteiger partial charge in [0, 0.05) is 0 Å². The molecule has 0 aromatic heterocycles. The summed E-state index contributed by atoms with van der Waals surface area (Å²) in [4.78, 5) is 0. The average molecular weight is 267 g/mol. The molecular weight excluding hydrogens is 249 g/mol. The van der Waals surface area contributed by atoms with Gasteiger partial charge in [0.15, 0.2) is 0 Å². The fraction of sp³-hybridized carbons (Fsp3) is 0.308. The summed E-state index contributed by atoms with van der Waals surface area (Å²) >= 11 is 0.537. The van der Waals surface area contributed by atoms with Gasteiger partial charge in [0.2, 0.25) is 0 Å². The standard InChI is InChI=1S/C13H18NSe/c1-11-5-7-12(8-6-11)9-13(15-4)10-14(2)3/h5-10H,1-4H3/q+1/b13-9+. The molecule has 1 rings (SSSR count). The Morgan fingerprint density at radius 1 is 1.20 bits per heavy atom. The van der Waals surface area contributed by atoms with E-state index < -0.39 is 0 Å². The van der Waals surface area contributed by atoms with Crippen molar-refractivity contribution < 1.29 is 4.58 Å². The molecule has 0 N–H and O–H groups in total.